The van der Waals surface area contributed by atoms with Gasteiger partial charge in [0.05, 0.1) is 7.11 Å². The molecular formula is C14H15ClN2O. The minimum absolute atomic E-state index is 0.548. The molecule has 3 nitrogen and oxygen atoms in total. The summed E-state index contributed by atoms with van der Waals surface area (Å²) >= 11 is 6.05. The van der Waals surface area contributed by atoms with Gasteiger partial charge in [-0.3, -0.25) is 0 Å². The fourth-order valence-electron chi connectivity index (χ4n) is 1.73. The van der Waals surface area contributed by atoms with Gasteiger partial charge in [-0.15, -0.1) is 0 Å². The Labute approximate surface area is 112 Å². The molecule has 0 saturated heterocycles. The predicted octanol–water partition coefficient (Wildman–Crippen LogP) is 3.38. The molecule has 0 amide bonds. The normalized spacial score (nSPS) is 10.2. The summed E-state index contributed by atoms with van der Waals surface area (Å²) < 4.78 is 5.21. The molecule has 94 valence electrons. The van der Waals surface area contributed by atoms with Gasteiger partial charge in [0.2, 0.25) is 0 Å². The van der Waals surface area contributed by atoms with E-state index in [-0.39, 0.29) is 0 Å². The number of benzene rings is 1. The molecule has 1 aromatic carbocycles. The summed E-state index contributed by atoms with van der Waals surface area (Å²) in [5.74, 6) is 0.844. The molecule has 18 heavy (non-hydrogen) atoms. The molecule has 1 aromatic heterocycles. The third-order valence-electron chi connectivity index (χ3n) is 2.74. The summed E-state index contributed by atoms with van der Waals surface area (Å²) in [6, 6.07) is 11.8. The number of halogens is 1. The van der Waals surface area contributed by atoms with Crippen LogP contribution in [0.3, 0.4) is 0 Å². The summed E-state index contributed by atoms with van der Waals surface area (Å²) in [4.78, 5) is 6.18. The van der Waals surface area contributed by atoms with Gasteiger partial charge in [-0.05, 0) is 18.2 Å². The van der Waals surface area contributed by atoms with Crippen LogP contribution < -0.4 is 9.64 Å². The molecule has 0 saturated carbocycles. The first-order valence-electron chi connectivity index (χ1n) is 5.65. The lowest BCUT2D eigenvalue weighted by molar-refractivity contribution is 0.415. The number of anilines is 1. The molecule has 0 unspecified atom stereocenters. The quantitative estimate of drug-likeness (QED) is 0.790. The molecule has 0 aliphatic heterocycles. The van der Waals surface area contributed by atoms with E-state index in [9.17, 15) is 0 Å². The number of ether oxygens (including phenoxy) is 1. The number of aromatic nitrogens is 1. The van der Waals surface area contributed by atoms with E-state index in [1.807, 2.05) is 43.4 Å². The Bertz CT molecular complexity index is 531. The molecule has 0 atom stereocenters. The zero-order chi connectivity index (χ0) is 13.0. The third kappa shape index (κ3) is 2.93. The zero-order valence-corrected chi connectivity index (χ0v) is 11.2. The van der Waals surface area contributed by atoms with Crippen LogP contribution >= 0.6 is 11.6 Å². The average molecular weight is 263 g/mol. The molecule has 1 heterocycles. The van der Waals surface area contributed by atoms with Crippen LogP contribution in [0.1, 0.15) is 5.56 Å². The Morgan fingerprint density at radius 3 is 2.83 bits per heavy atom. The van der Waals surface area contributed by atoms with Crippen molar-refractivity contribution in [3.63, 3.8) is 0 Å². The van der Waals surface area contributed by atoms with Gasteiger partial charge in [-0.2, -0.15) is 0 Å². The largest absolute Gasteiger partial charge is 0.497 e. The second-order valence-electron chi connectivity index (χ2n) is 4.01. The second kappa shape index (κ2) is 5.74. The van der Waals surface area contributed by atoms with E-state index in [2.05, 4.69) is 9.88 Å². The SMILES string of the molecule is COc1cccc(N(C)Cc2cccnc2Cl)c1. The highest BCUT2D eigenvalue weighted by atomic mass is 35.5. The standard InChI is InChI=1S/C14H15ClN2O/c1-17(10-11-5-4-8-16-14(11)15)12-6-3-7-13(9-12)18-2/h3-9H,10H2,1-2H3. The summed E-state index contributed by atoms with van der Waals surface area (Å²) in [5.41, 5.74) is 2.08. The molecule has 0 spiro atoms. The molecule has 0 aliphatic carbocycles. The fraction of sp³-hybridized carbons (Fsp3) is 0.214. The molecule has 4 heteroatoms. The van der Waals surface area contributed by atoms with Crippen LogP contribution in [-0.4, -0.2) is 19.1 Å². The van der Waals surface area contributed by atoms with E-state index in [4.69, 9.17) is 16.3 Å². The number of hydrogen-bond donors (Lipinski definition) is 0. The van der Waals surface area contributed by atoms with Gasteiger partial charge in [0.25, 0.3) is 0 Å². The smallest absolute Gasteiger partial charge is 0.133 e. The monoisotopic (exact) mass is 262 g/mol. The van der Waals surface area contributed by atoms with Gasteiger partial charge in [-0.25, -0.2) is 4.98 Å². The van der Waals surface area contributed by atoms with Crippen LogP contribution in [0.15, 0.2) is 42.6 Å². The molecule has 2 aromatic rings. The van der Waals surface area contributed by atoms with Gasteiger partial charge in [0, 0.05) is 37.1 Å². The van der Waals surface area contributed by atoms with Crippen molar-refractivity contribution in [1.82, 2.24) is 4.98 Å². The number of rotatable bonds is 4. The summed E-state index contributed by atoms with van der Waals surface area (Å²) in [7, 11) is 3.68. The van der Waals surface area contributed by atoms with Crippen LogP contribution in [0.5, 0.6) is 5.75 Å². The number of pyridine rings is 1. The van der Waals surface area contributed by atoms with Crippen molar-refractivity contribution in [2.75, 3.05) is 19.1 Å². The molecule has 0 aliphatic rings. The van der Waals surface area contributed by atoms with E-state index in [0.29, 0.717) is 11.7 Å². The first kappa shape index (κ1) is 12.7. The summed E-state index contributed by atoms with van der Waals surface area (Å²) in [6.07, 6.45) is 1.69. The maximum Gasteiger partial charge on any atom is 0.133 e. The predicted molar refractivity (Wildman–Crippen MR) is 74.3 cm³/mol. The summed E-state index contributed by atoms with van der Waals surface area (Å²) in [5, 5.41) is 0.548. The average Bonchev–Trinajstić information content (AvgIpc) is 2.41. The number of methoxy groups -OCH3 is 1. The highest BCUT2D eigenvalue weighted by Gasteiger charge is 2.06. The van der Waals surface area contributed by atoms with Gasteiger partial charge in [0.1, 0.15) is 10.9 Å². The van der Waals surface area contributed by atoms with Crippen LogP contribution in [0.2, 0.25) is 5.15 Å². The van der Waals surface area contributed by atoms with Crippen molar-refractivity contribution in [2.45, 2.75) is 6.54 Å². The highest BCUT2D eigenvalue weighted by molar-refractivity contribution is 6.30. The number of nitrogens with zero attached hydrogens (tertiary/aromatic N) is 2. The topological polar surface area (TPSA) is 25.4 Å². The van der Waals surface area contributed by atoms with Crippen molar-refractivity contribution in [3.05, 3.63) is 53.3 Å². The maximum absolute atomic E-state index is 6.05. The minimum Gasteiger partial charge on any atom is -0.497 e. The third-order valence-corrected chi connectivity index (χ3v) is 3.08. The van der Waals surface area contributed by atoms with Crippen molar-refractivity contribution in [2.24, 2.45) is 0 Å². The van der Waals surface area contributed by atoms with E-state index in [1.165, 1.54) is 0 Å². The highest BCUT2D eigenvalue weighted by Crippen LogP contribution is 2.22. The Kier molecular flexibility index (Phi) is 4.05. The van der Waals surface area contributed by atoms with Crippen LogP contribution in [0.25, 0.3) is 0 Å². The second-order valence-corrected chi connectivity index (χ2v) is 4.37. The zero-order valence-electron chi connectivity index (χ0n) is 10.4. The van der Waals surface area contributed by atoms with E-state index in [0.717, 1.165) is 17.0 Å². The lowest BCUT2D eigenvalue weighted by atomic mass is 10.2. The Morgan fingerprint density at radius 2 is 2.11 bits per heavy atom. The van der Waals surface area contributed by atoms with Gasteiger partial charge < -0.3 is 9.64 Å². The van der Waals surface area contributed by atoms with E-state index >= 15 is 0 Å². The molecule has 0 N–H and O–H groups in total. The van der Waals surface area contributed by atoms with Crippen molar-refractivity contribution in [1.29, 1.82) is 0 Å². The number of hydrogen-bond acceptors (Lipinski definition) is 3. The molecule has 0 radical (unpaired) electrons. The molecule has 2 rings (SSSR count). The van der Waals surface area contributed by atoms with Gasteiger partial charge >= 0.3 is 0 Å². The van der Waals surface area contributed by atoms with E-state index < -0.39 is 0 Å². The van der Waals surface area contributed by atoms with Gasteiger partial charge in [-0.1, -0.05) is 23.7 Å². The maximum atomic E-state index is 6.05. The Hall–Kier alpha value is -1.74. The van der Waals surface area contributed by atoms with Gasteiger partial charge in [0.15, 0.2) is 0 Å². The van der Waals surface area contributed by atoms with Crippen molar-refractivity contribution < 1.29 is 4.74 Å². The lowest BCUT2D eigenvalue weighted by Crippen LogP contribution is -2.16. The Balaban J connectivity index is 2.16. The molecule has 0 bridgehead atoms. The van der Waals surface area contributed by atoms with Crippen molar-refractivity contribution >= 4 is 17.3 Å². The first-order chi connectivity index (χ1) is 8.70. The molecular weight excluding hydrogens is 248 g/mol. The van der Waals surface area contributed by atoms with Crippen molar-refractivity contribution in [3.8, 4) is 5.75 Å². The van der Waals surface area contributed by atoms with Crippen LogP contribution in [-0.2, 0) is 6.54 Å². The molecule has 0 fully saturated rings. The fourth-order valence-corrected chi connectivity index (χ4v) is 1.91. The lowest BCUT2D eigenvalue weighted by Gasteiger charge is -2.20. The first-order valence-corrected chi connectivity index (χ1v) is 6.03. The van der Waals surface area contributed by atoms with Crippen LogP contribution in [0.4, 0.5) is 5.69 Å². The van der Waals surface area contributed by atoms with Crippen LogP contribution in [0, 0.1) is 0 Å². The van der Waals surface area contributed by atoms with E-state index in [1.54, 1.807) is 13.3 Å². The Morgan fingerprint density at radius 1 is 1.28 bits per heavy atom. The summed E-state index contributed by atoms with van der Waals surface area (Å²) in [6.45, 7) is 0.708. The minimum atomic E-state index is 0.548.